The first-order valence-corrected chi connectivity index (χ1v) is 8.12. The lowest BCUT2D eigenvalue weighted by Gasteiger charge is -2.16. The van der Waals surface area contributed by atoms with Crippen LogP contribution in [0.2, 0.25) is 0 Å². The summed E-state index contributed by atoms with van der Waals surface area (Å²) in [6.45, 7) is 6.56. The smallest absolute Gasteiger partial charge is 0.260 e. The molecule has 1 saturated carbocycles. The van der Waals surface area contributed by atoms with Crippen molar-refractivity contribution in [3.05, 3.63) is 36.0 Å². The van der Waals surface area contributed by atoms with E-state index in [0.29, 0.717) is 12.6 Å². The number of hydrogen-bond donors (Lipinski definition) is 1. The first-order valence-electron chi connectivity index (χ1n) is 6.68. The van der Waals surface area contributed by atoms with Crippen molar-refractivity contribution in [2.24, 2.45) is 0 Å². The second kappa shape index (κ2) is 6.03. The van der Waals surface area contributed by atoms with Gasteiger partial charge in [-0.25, -0.2) is 13.4 Å². The zero-order valence-corrected chi connectivity index (χ0v) is 12.8. The van der Waals surface area contributed by atoms with Crippen molar-refractivity contribution >= 4 is 10.0 Å². The summed E-state index contributed by atoms with van der Waals surface area (Å²) >= 11 is 0. The van der Waals surface area contributed by atoms with Crippen LogP contribution in [0.15, 0.2) is 35.5 Å². The summed E-state index contributed by atoms with van der Waals surface area (Å²) in [5, 5.41) is 3.45. The summed E-state index contributed by atoms with van der Waals surface area (Å²) in [6, 6.07) is 4.00. The van der Waals surface area contributed by atoms with Crippen LogP contribution in [-0.2, 0) is 16.6 Å². The van der Waals surface area contributed by atoms with E-state index >= 15 is 0 Å². The second-order valence-electron chi connectivity index (χ2n) is 5.38. The minimum absolute atomic E-state index is 0.0800. The zero-order chi connectivity index (χ0) is 14.8. The van der Waals surface area contributed by atoms with Crippen LogP contribution in [0, 0.1) is 0 Å². The molecule has 0 spiro atoms. The van der Waals surface area contributed by atoms with Crippen LogP contribution in [-0.4, -0.2) is 37.3 Å². The summed E-state index contributed by atoms with van der Waals surface area (Å²) in [5.41, 5.74) is 1.79. The molecule has 1 aliphatic carbocycles. The van der Waals surface area contributed by atoms with Gasteiger partial charge < -0.3 is 5.32 Å². The highest BCUT2D eigenvalue weighted by Gasteiger charge is 2.22. The Morgan fingerprint density at radius 1 is 1.50 bits per heavy atom. The van der Waals surface area contributed by atoms with E-state index in [2.05, 4.69) is 16.9 Å². The highest BCUT2D eigenvalue weighted by atomic mass is 32.2. The lowest BCUT2D eigenvalue weighted by atomic mass is 10.3. The molecule has 0 atom stereocenters. The fourth-order valence-electron chi connectivity index (χ4n) is 1.84. The van der Waals surface area contributed by atoms with Gasteiger partial charge in [-0.1, -0.05) is 18.2 Å². The Hall–Kier alpha value is -1.24. The summed E-state index contributed by atoms with van der Waals surface area (Å²) in [5.74, 6) is 0. The Morgan fingerprint density at radius 2 is 2.20 bits per heavy atom. The van der Waals surface area contributed by atoms with Gasteiger partial charge in [0.05, 0.1) is 0 Å². The van der Waals surface area contributed by atoms with Gasteiger partial charge in [-0.3, -0.25) is 0 Å². The van der Waals surface area contributed by atoms with Crippen LogP contribution in [0.1, 0.15) is 25.3 Å². The monoisotopic (exact) mass is 295 g/mol. The number of nitrogens with one attached hydrogen (secondary N) is 1. The molecule has 0 saturated heterocycles. The molecule has 1 aromatic heterocycles. The highest BCUT2D eigenvalue weighted by molar-refractivity contribution is 7.89. The molecule has 1 heterocycles. The maximum Gasteiger partial charge on any atom is 0.260 e. The number of sulfonamides is 1. The van der Waals surface area contributed by atoms with Crippen molar-refractivity contribution < 1.29 is 8.42 Å². The number of rotatable bonds is 7. The largest absolute Gasteiger partial charge is 0.310 e. The quantitative estimate of drug-likeness (QED) is 0.775. The van der Waals surface area contributed by atoms with Gasteiger partial charge in [0.25, 0.3) is 10.0 Å². The van der Waals surface area contributed by atoms with Gasteiger partial charge in [0.15, 0.2) is 5.03 Å². The van der Waals surface area contributed by atoms with Crippen LogP contribution in [0.4, 0.5) is 0 Å². The van der Waals surface area contributed by atoms with E-state index in [1.54, 1.807) is 19.2 Å². The molecule has 1 fully saturated rings. The fourth-order valence-corrected chi connectivity index (χ4v) is 2.98. The molecule has 20 heavy (non-hydrogen) atoms. The first-order chi connectivity index (χ1) is 9.39. The minimum Gasteiger partial charge on any atom is -0.310 e. The molecule has 0 radical (unpaired) electrons. The van der Waals surface area contributed by atoms with Gasteiger partial charge in [0.2, 0.25) is 0 Å². The third kappa shape index (κ3) is 3.88. The summed E-state index contributed by atoms with van der Waals surface area (Å²) < 4.78 is 25.8. The number of pyridine rings is 1. The lowest BCUT2D eigenvalue weighted by Crippen LogP contribution is -2.29. The van der Waals surface area contributed by atoms with Gasteiger partial charge in [0, 0.05) is 32.4 Å². The SMILES string of the molecule is C=C(C)CN(C)S(=O)(=O)c1ccc(CNC2CC2)cn1. The molecule has 0 aromatic carbocycles. The van der Waals surface area contributed by atoms with Crippen LogP contribution in [0.5, 0.6) is 0 Å². The van der Waals surface area contributed by atoms with E-state index < -0.39 is 10.0 Å². The van der Waals surface area contributed by atoms with E-state index in [9.17, 15) is 8.42 Å². The van der Waals surface area contributed by atoms with Crippen LogP contribution in [0.25, 0.3) is 0 Å². The Labute approximate surface area is 120 Å². The topological polar surface area (TPSA) is 62.3 Å². The van der Waals surface area contributed by atoms with Gasteiger partial charge in [-0.05, 0) is 31.4 Å². The summed E-state index contributed by atoms with van der Waals surface area (Å²) in [4.78, 5) is 4.08. The molecule has 1 aromatic rings. The Balaban J connectivity index is 2.05. The fraction of sp³-hybridized carbons (Fsp3) is 0.500. The Morgan fingerprint density at radius 3 is 2.70 bits per heavy atom. The van der Waals surface area contributed by atoms with Crippen LogP contribution >= 0.6 is 0 Å². The molecule has 110 valence electrons. The van der Waals surface area contributed by atoms with Gasteiger partial charge in [-0.15, -0.1) is 0 Å². The molecule has 1 aliphatic rings. The lowest BCUT2D eigenvalue weighted by molar-refractivity contribution is 0.489. The average Bonchev–Trinajstić information content (AvgIpc) is 3.20. The van der Waals surface area contributed by atoms with Crippen molar-refractivity contribution in [3.63, 3.8) is 0 Å². The first kappa shape index (κ1) is 15.2. The van der Waals surface area contributed by atoms with Crippen molar-refractivity contribution in [2.45, 2.75) is 37.4 Å². The molecule has 0 amide bonds. The maximum absolute atomic E-state index is 12.3. The molecule has 5 nitrogen and oxygen atoms in total. The van der Waals surface area contributed by atoms with Crippen molar-refractivity contribution in [1.82, 2.24) is 14.6 Å². The molecular formula is C14H21N3O2S. The minimum atomic E-state index is -3.53. The Kier molecular flexibility index (Phi) is 4.57. The predicted octanol–water partition coefficient (Wildman–Crippen LogP) is 1.53. The van der Waals surface area contributed by atoms with E-state index in [1.807, 2.05) is 6.07 Å². The molecule has 1 N–H and O–H groups in total. The third-order valence-corrected chi connectivity index (χ3v) is 4.86. The summed E-state index contributed by atoms with van der Waals surface area (Å²) in [6.07, 6.45) is 4.08. The number of likely N-dealkylation sites (N-methyl/N-ethyl adjacent to an activating group) is 1. The van der Waals surface area contributed by atoms with Crippen molar-refractivity contribution in [1.29, 1.82) is 0 Å². The molecule has 0 bridgehead atoms. The molecular weight excluding hydrogens is 274 g/mol. The van der Waals surface area contributed by atoms with Crippen LogP contribution in [0.3, 0.4) is 0 Å². The van der Waals surface area contributed by atoms with Crippen molar-refractivity contribution in [3.8, 4) is 0 Å². The average molecular weight is 295 g/mol. The highest BCUT2D eigenvalue weighted by Crippen LogP contribution is 2.19. The standard InChI is InChI=1S/C14H21N3O2S/c1-11(2)10-17(3)20(18,19)14-7-4-12(9-16-14)8-15-13-5-6-13/h4,7,9,13,15H,1,5-6,8,10H2,2-3H3. The van der Waals surface area contributed by atoms with Gasteiger partial charge >= 0.3 is 0 Å². The zero-order valence-electron chi connectivity index (χ0n) is 12.0. The predicted molar refractivity (Wildman–Crippen MR) is 78.7 cm³/mol. The van der Waals surface area contributed by atoms with E-state index in [0.717, 1.165) is 17.7 Å². The van der Waals surface area contributed by atoms with Gasteiger partial charge in [-0.2, -0.15) is 4.31 Å². The molecule has 6 heteroatoms. The van der Waals surface area contributed by atoms with Crippen molar-refractivity contribution in [2.75, 3.05) is 13.6 Å². The number of nitrogens with zero attached hydrogens (tertiary/aromatic N) is 2. The Bertz CT molecular complexity index is 577. The number of hydrogen-bond acceptors (Lipinski definition) is 4. The number of aromatic nitrogens is 1. The normalized spacial score (nSPS) is 15.6. The molecule has 2 rings (SSSR count). The third-order valence-electron chi connectivity index (χ3n) is 3.14. The van der Waals surface area contributed by atoms with E-state index in [1.165, 1.54) is 24.2 Å². The van der Waals surface area contributed by atoms with E-state index in [4.69, 9.17) is 0 Å². The molecule has 0 aliphatic heterocycles. The maximum atomic E-state index is 12.3. The molecule has 0 unspecified atom stereocenters. The van der Waals surface area contributed by atoms with E-state index in [-0.39, 0.29) is 5.03 Å². The van der Waals surface area contributed by atoms with Crippen LogP contribution < -0.4 is 5.32 Å². The van der Waals surface area contributed by atoms with Gasteiger partial charge in [0.1, 0.15) is 0 Å². The summed E-state index contributed by atoms with van der Waals surface area (Å²) in [7, 11) is -1.99. The second-order valence-corrected chi connectivity index (χ2v) is 7.37.